The molecule has 5 nitrogen and oxygen atoms in total. The number of benzene rings is 2. The van der Waals surface area contributed by atoms with E-state index >= 15 is 0 Å². The molecule has 0 aliphatic rings. The van der Waals surface area contributed by atoms with E-state index in [1.165, 1.54) is 11.0 Å². The summed E-state index contributed by atoms with van der Waals surface area (Å²) in [6.45, 7) is 2.77. The number of anilines is 1. The van der Waals surface area contributed by atoms with Crippen molar-refractivity contribution >= 4 is 11.6 Å². The number of unbranched alkanes of at least 4 members (excludes halogenated alkanes) is 1. The summed E-state index contributed by atoms with van der Waals surface area (Å²) in [6, 6.07) is 19.3. The average Bonchev–Trinajstić information content (AvgIpc) is 3.14. The molecule has 0 bridgehead atoms. The number of hydrogen-bond acceptors (Lipinski definition) is 3. The maximum atomic E-state index is 12.9. The van der Waals surface area contributed by atoms with Crippen LogP contribution in [0.25, 0.3) is 5.69 Å². The number of hydrogen-bond donors (Lipinski definition) is 0. The highest BCUT2D eigenvalue weighted by Gasteiger charge is 2.20. The fraction of sp³-hybridized carbons (Fsp3) is 0.211. The van der Waals surface area contributed by atoms with E-state index in [4.69, 9.17) is 0 Å². The molecule has 0 aliphatic heterocycles. The Labute approximate surface area is 141 Å². The zero-order chi connectivity index (χ0) is 16.8. The predicted octanol–water partition coefficient (Wildman–Crippen LogP) is 3.71. The van der Waals surface area contributed by atoms with Crippen molar-refractivity contribution in [1.29, 1.82) is 0 Å². The van der Waals surface area contributed by atoms with Gasteiger partial charge in [0.15, 0.2) is 5.69 Å². The van der Waals surface area contributed by atoms with Crippen LogP contribution in [0.1, 0.15) is 30.3 Å². The molecule has 122 valence electrons. The van der Waals surface area contributed by atoms with Crippen molar-refractivity contribution in [3.63, 3.8) is 0 Å². The number of para-hydroxylation sites is 2. The molecule has 1 heterocycles. The van der Waals surface area contributed by atoms with Gasteiger partial charge in [-0.05, 0) is 30.7 Å². The second-order valence-electron chi connectivity index (χ2n) is 5.50. The van der Waals surface area contributed by atoms with Gasteiger partial charge in [-0.15, -0.1) is 5.10 Å². The van der Waals surface area contributed by atoms with Crippen LogP contribution in [-0.2, 0) is 0 Å². The van der Waals surface area contributed by atoms with E-state index in [1.54, 1.807) is 4.90 Å². The Bertz CT molecular complexity index is 783. The first kappa shape index (κ1) is 15.9. The Morgan fingerprint density at radius 3 is 2.38 bits per heavy atom. The van der Waals surface area contributed by atoms with E-state index in [0.717, 1.165) is 24.2 Å². The molecule has 5 heteroatoms. The lowest BCUT2D eigenvalue weighted by molar-refractivity contribution is 0.0981. The third-order valence-electron chi connectivity index (χ3n) is 3.75. The van der Waals surface area contributed by atoms with E-state index < -0.39 is 0 Å². The number of carbonyl (C=O) groups excluding carboxylic acids is 1. The normalized spacial score (nSPS) is 10.5. The van der Waals surface area contributed by atoms with Crippen LogP contribution in [0.15, 0.2) is 66.9 Å². The molecule has 0 atom stereocenters. The van der Waals surface area contributed by atoms with Gasteiger partial charge in [-0.3, -0.25) is 4.79 Å². The number of nitrogens with zero attached hydrogens (tertiary/aromatic N) is 4. The highest BCUT2D eigenvalue weighted by Crippen LogP contribution is 2.17. The number of carbonyl (C=O) groups is 1. The molecule has 0 unspecified atom stereocenters. The minimum atomic E-state index is -0.128. The van der Waals surface area contributed by atoms with E-state index in [-0.39, 0.29) is 5.91 Å². The van der Waals surface area contributed by atoms with Crippen LogP contribution in [-0.4, -0.2) is 27.4 Å². The molecule has 24 heavy (non-hydrogen) atoms. The molecule has 0 spiro atoms. The molecule has 0 aliphatic carbocycles. The van der Waals surface area contributed by atoms with Gasteiger partial charge in [0, 0.05) is 12.2 Å². The molecular formula is C19H20N4O. The van der Waals surface area contributed by atoms with Crippen molar-refractivity contribution in [2.24, 2.45) is 0 Å². The van der Waals surface area contributed by atoms with E-state index in [0.29, 0.717) is 12.2 Å². The first-order valence-corrected chi connectivity index (χ1v) is 8.14. The summed E-state index contributed by atoms with van der Waals surface area (Å²) in [5.41, 5.74) is 2.06. The molecule has 0 fully saturated rings. The van der Waals surface area contributed by atoms with Crippen LogP contribution in [0.5, 0.6) is 0 Å². The summed E-state index contributed by atoms with van der Waals surface area (Å²) in [5.74, 6) is -0.128. The molecule has 1 aromatic heterocycles. The molecular weight excluding hydrogens is 300 g/mol. The lowest BCUT2D eigenvalue weighted by atomic mass is 10.2. The second-order valence-corrected chi connectivity index (χ2v) is 5.50. The lowest BCUT2D eigenvalue weighted by Crippen LogP contribution is -2.32. The minimum absolute atomic E-state index is 0.128. The van der Waals surface area contributed by atoms with E-state index in [2.05, 4.69) is 17.1 Å². The van der Waals surface area contributed by atoms with Gasteiger partial charge >= 0.3 is 0 Å². The fourth-order valence-corrected chi connectivity index (χ4v) is 2.46. The number of aromatic nitrogens is 3. The Morgan fingerprint density at radius 1 is 1.04 bits per heavy atom. The van der Waals surface area contributed by atoms with Gasteiger partial charge in [0.05, 0.1) is 11.9 Å². The SMILES string of the molecule is CCCCN(C(=O)c1cnn(-c2ccccc2)n1)c1ccccc1. The topological polar surface area (TPSA) is 51.0 Å². The summed E-state index contributed by atoms with van der Waals surface area (Å²) in [6.07, 6.45) is 3.48. The molecule has 2 aromatic carbocycles. The monoisotopic (exact) mass is 320 g/mol. The van der Waals surface area contributed by atoms with Crippen molar-refractivity contribution in [2.75, 3.05) is 11.4 Å². The zero-order valence-corrected chi connectivity index (χ0v) is 13.7. The summed E-state index contributed by atoms with van der Waals surface area (Å²) < 4.78 is 0. The van der Waals surface area contributed by atoms with Gasteiger partial charge in [0.25, 0.3) is 5.91 Å². The Balaban J connectivity index is 1.86. The van der Waals surface area contributed by atoms with Gasteiger partial charge in [-0.1, -0.05) is 49.7 Å². The van der Waals surface area contributed by atoms with Gasteiger partial charge in [-0.2, -0.15) is 9.90 Å². The smallest absolute Gasteiger partial charge is 0.280 e. The largest absolute Gasteiger partial charge is 0.307 e. The number of rotatable bonds is 6. The third kappa shape index (κ3) is 3.51. The van der Waals surface area contributed by atoms with Crippen molar-refractivity contribution in [2.45, 2.75) is 19.8 Å². The van der Waals surface area contributed by atoms with Crippen LogP contribution < -0.4 is 4.90 Å². The Kier molecular flexibility index (Phi) is 5.01. The Hall–Kier alpha value is -2.95. The van der Waals surface area contributed by atoms with Crippen LogP contribution in [0, 0.1) is 0 Å². The summed E-state index contributed by atoms with van der Waals surface area (Å²) in [7, 11) is 0. The van der Waals surface area contributed by atoms with Crippen LogP contribution in [0.2, 0.25) is 0 Å². The van der Waals surface area contributed by atoms with Crippen molar-refractivity contribution in [3.8, 4) is 5.69 Å². The molecule has 0 radical (unpaired) electrons. The maximum absolute atomic E-state index is 12.9. The third-order valence-corrected chi connectivity index (χ3v) is 3.75. The molecule has 1 amide bonds. The molecule has 3 aromatic rings. The quantitative estimate of drug-likeness (QED) is 0.695. The highest BCUT2D eigenvalue weighted by molar-refractivity contribution is 6.04. The highest BCUT2D eigenvalue weighted by atomic mass is 16.2. The minimum Gasteiger partial charge on any atom is -0.307 e. The van der Waals surface area contributed by atoms with Gasteiger partial charge in [-0.25, -0.2) is 0 Å². The van der Waals surface area contributed by atoms with Crippen molar-refractivity contribution < 1.29 is 4.79 Å². The average molecular weight is 320 g/mol. The molecule has 0 saturated heterocycles. The van der Waals surface area contributed by atoms with Crippen LogP contribution in [0.3, 0.4) is 0 Å². The molecule has 3 rings (SSSR count). The van der Waals surface area contributed by atoms with Gasteiger partial charge in [0.2, 0.25) is 0 Å². The Morgan fingerprint density at radius 2 is 1.71 bits per heavy atom. The van der Waals surface area contributed by atoms with Gasteiger partial charge in [0.1, 0.15) is 0 Å². The summed E-state index contributed by atoms with van der Waals surface area (Å²) in [4.78, 5) is 16.2. The summed E-state index contributed by atoms with van der Waals surface area (Å²) >= 11 is 0. The fourth-order valence-electron chi connectivity index (χ4n) is 2.46. The van der Waals surface area contributed by atoms with Gasteiger partial charge < -0.3 is 4.90 Å². The van der Waals surface area contributed by atoms with E-state index in [1.807, 2.05) is 60.7 Å². The van der Waals surface area contributed by atoms with E-state index in [9.17, 15) is 4.79 Å². The molecule has 0 saturated carbocycles. The lowest BCUT2D eigenvalue weighted by Gasteiger charge is -2.21. The van der Waals surface area contributed by atoms with Crippen molar-refractivity contribution in [3.05, 3.63) is 72.6 Å². The van der Waals surface area contributed by atoms with Crippen molar-refractivity contribution in [1.82, 2.24) is 15.0 Å². The van der Waals surface area contributed by atoms with Crippen LogP contribution >= 0.6 is 0 Å². The zero-order valence-electron chi connectivity index (χ0n) is 13.7. The second kappa shape index (κ2) is 7.55. The first-order valence-electron chi connectivity index (χ1n) is 8.14. The first-order chi connectivity index (χ1) is 11.8. The maximum Gasteiger partial charge on any atom is 0.280 e. The predicted molar refractivity (Wildman–Crippen MR) is 94.4 cm³/mol. The van der Waals surface area contributed by atoms with Crippen LogP contribution in [0.4, 0.5) is 5.69 Å². The molecule has 0 N–H and O–H groups in total. The summed E-state index contributed by atoms with van der Waals surface area (Å²) in [5, 5.41) is 8.57. The number of amides is 1. The standard InChI is InChI=1S/C19H20N4O/c1-2-3-14-22(16-10-6-4-7-11-16)19(24)18-15-20-23(21-18)17-12-8-5-9-13-17/h4-13,15H,2-3,14H2,1H3.